The molecule has 0 radical (unpaired) electrons. The number of nitrogen functional groups attached to an aromatic ring is 1. The van der Waals surface area contributed by atoms with E-state index in [0.717, 1.165) is 30.6 Å². The van der Waals surface area contributed by atoms with E-state index in [9.17, 15) is 14.4 Å². The van der Waals surface area contributed by atoms with E-state index in [4.69, 9.17) is 10.8 Å². The molecule has 1 aromatic rings. The van der Waals surface area contributed by atoms with Crippen molar-refractivity contribution in [3.05, 3.63) is 23.8 Å². The van der Waals surface area contributed by atoms with Crippen molar-refractivity contribution in [2.24, 2.45) is 11.8 Å². The van der Waals surface area contributed by atoms with Gasteiger partial charge >= 0.3 is 5.97 Å². The molecule has 1 aliphatic carbocycles. The van der Waals surface area contributed by atoms with E-state index >= 15 is 0 Å². The molecular weight excluding hydrogens is 272 g/mol. The Morgan fingerprint density at radius 2 is 1.71 bits per heavy atom. The maximum atomic E-state index is 12.5. The molecule has 110 valence electrons. The topological polar surface area (TPSA) is 101 Å². The monoisotopic (exact) mass is 288 g/mol. The van der Waals surface area contributed by atoms with Gasteiger partial charge in [-0.1, -0.05) is 12.8 Å². The maximum absolute atomic E-state index is 12.5. The predicted molar refractivity (Wildman–Crippen MR) is 75.8 cm³/mol. The number of hydrogen-bond donors (Lipinski definition) is 2. The van der Waals surface area contributed by atoms with Gasteiger partial charge in [0.1, 0.15) is 0 Å². The summed E-state index contributed by atoms with van der Waals surface area (Å²) in [5.74, 6) is -2.01. The lowest BCUT2D eigenvalue weighted by atomic mass is 9.81. The highest BCUT2D eigenvalue weighted by Gasteiger charge is 2.49. The summed E-state index contributed by atoms with van der Waals surface area (Å²) in [5, 5.41) is 8.93. The van der Waals surface area contributed by atoms with E-state index in [1.807, 2.05) is 0 Å². The van der Waals surface area contributed by atoms with Gasteiger partial charge in [-0.3, -0.25) is 9.59 Å². The van der Waals surface area contributed by atoms with Crippen LogP contribution in [-0.2, 0) is 9.59 Å². The number of anilines is 2. The van der Waals surface area contributed by atoms with Crippen molar-refractivity contribution in [1.29, 1.82) is 0 Å². The molecule has 3 N–H and O–H groups in total. The van der Waals surface area contributed by atoms with Gasteiger partial charge in [0, 0.05) is 0 Å². The summed E-state index contributed by atoms with van der Waals surface area (Å²) in [6.45, 7) is 0. The minimum Gasteiger partial charge on any atom is -0.478 e. The van der Waals surface area contributed by atoms with Gasteiger partial charge < -0.3 is 10.8 Å². The third kappa shape index (κ3) is 2.07. The van der Waals surface area contributed by atoms with Crippen molar-refractivity contribution in [3.63, 3.8) is 0 Å². The second-order valence-electron chi connectivity index (χ2n) is 5.59. The van der Waals surface area contributed by atoms with Crippen LogP contribution in [0, 0.1) is 11.8 Å². The lowest BCUT2D eigenvalue weighted by Gasteiger charge is -2.19. The first kappa shape index (κ1) is 13.6. The summed E-state index contributed by atoms with van der Waals surface area (Å²) in [5.41, 5.74) is 6.31. The highest BCUT2D eigenvalue weighted by atomic mass is 16.4. The van der Waals surface area contributed by atoms with Crippen LogP contribution in [0.2, 0.25) is 0 Å². The van der Waals surface area contributed by atoms with Crippen LogP contribution in [0.4, 0.5) is 11.4 Å². The minimum absolute atomic E-state index is 0.0350. The van der Waals surface area contributed by atoms with Crippen molar-refractivity contribution >= 4 is 29.2 Å². The van der Waals surface area contributed by atoms with Gasteiger partial charge in [-0.15, -0.1) is 0 Å². The first-order valence-electron chi connectivity index (χ1n) is 7.01. The molecule has 2 atom stereocenters. The number of benzene rings is 1. The van der Waals surface area contributed by atoms with E-state index in [2.05, 4.69) is 0 Å². The molecule has 0 spiro atoms. The first-order valence-corrected chi connectivity index (χ1v) is 7.01. The van der Waals surface area contributed by atoms with Gasteiger partial charge in [0.2, 0.25) is 11.8 Å². The SMILES string of the molecule is Nc1cc(C(=O)O)ccc1N1C(=O)C2CCCCC2C1=O. The van der Waals surface area contributed by atoms with E-state index in [1.54, 1.807) is 0 Å². The number of carboxylic acid groups (broad SMARTS) is 1. The molecule has 1 aliphatic heterocycles. The quantitative estimate of drug-likeness (QED) is 0.636. The number of carbonyl (C=O) groups excluding carboxylic acids is 2. The van der Waals surface area contributed by atoms with E-state index < -0.39 is 5.97 Å². The number of carboxylic acids is 1. The molecular formula is C15H16N2O4. The van der Waals surface area contributed by atoms with Crippen LogP contribution in [0.3, 0.4) is 0 Å². The molecule has 6 heteroatoms. The van der Waals surface area contributed by atoms with E-state index in [-0.39, 0.29) is 34.9 Å². The largest absolute Gasteiger partial charge is 0.478 e. The zero-order valence-corrected chi connectivity index (χ0v) is 11.4. The molecule has 1 aromatic carbocycles. The number of fused-ring (bicyclic) bond motifs is 1. The molecule has 21 heavy (non-hydrogen) atoms. The molecule has 1 heterocycles. The highest BCUT2D eigenvalue weighted by molar-refractivity contribution is 6.23. The number of amides is 2. The maximum Gasteiger partial charge on any atom is 0.335 e. The fourth-order valence-electron chi connectivity index (χ4n) is 3.29. The molecule has 3 rings (SSSR count). The molecule has 6 nitrogen and oxygen atoms in total. The Balaban J connectivity index is 1.98. The van der Waals surface area contributed by atoms with Crippen LogP contribution in [0.15, 0.2) is 18.2 Å². The van der Waals surface area contributed by atoms with Gasteiger partial charge in [-0.25, -0.2) is 9.69 Å². The van der Waals surface area contributed by atoms with Gasteiger partial charge in [0.25, 0.3) is 0 Å². The van der Waals surface area contributed by atoms with Crippen LogP contribution in [0.1, 0.15) is 36.0 Å². The van der Waals surface area contributed by atoms with Gasteiger partial charge in [0.15, 0.2) is 0 Å². The van der Waals surface area contributed by atoms with Crippen LogP contribution < -0.4 is 10.6 Å². The summed E-state index contributed by atoms with van der Waals surface area (Å²) in [6, 6.07) is 4.07. The Bertz CT molecular complexity index is 617. The van der Waals surface area contributed by atoms with Gasteiger partial charge in [-0.2, -0.15) is 0 Å². The molecule has 2 aliphatic rings. The standard InChI is InChI=1S/C15H16N2O4/c16-11-7-8(15(20)21)5-6-12(11)17-13(18)9-3-1-2-4-10(9)14(17)19/h5-7,9-10H,1-4,16H2,(H,20,21). The zero-order chi connectivity index (χ0) is 15.1. The van der Waals surface area contributed by atoms with Crippen molar-refractivity contribution in [1.82, 2.24) is 0 Å². The molecule has 1 saturated carbocycles. The Hall–Kier alpha value is -2.37. The van der Waals surface area contributed by atoms with Crippen molar-refractivity contribution in [2.75, 3.05) is 10.6 Å². The molecule has 1 saturated heterocycles. The molecule has 2 unspecified atom stereocenters. The highest BCUT2D eigenvalue weighted by Crippen LogP contribution is 2.41. The third-order valence-electron chi connectivity index (χ3n) is 4.36. The number of imide groups is 1. The number of nitrogens with two attached hydrogens (primary N) is 1. The second kappa shape index (κ2) is 4.87. The van der Waals surface area contributed by atoms with Crippen LogP contribution in [0.5, 0.6) is 0 Å². The lowest BCUT2D eigenvalue weighted by Crippen LogP contribution is -2.31. The molecule has 2 fully saturated rings. The Labute approximate surface area is 121 Å². The Morgan fingerprint density at radius 3 is 2.19 bits per heavy atom. The van der Waals surface area contributed by atoms with Crippen molar-refractivity contribution in [3.8, 4) is 0 Å². The fourth-order valence-corrected chi connectivity index (χ4v) is 3.29. The lowest BCUT2D eigenvalue weighted by molar-refractivity contribution is -0.122. The number of rotatable bonds is 2. The summed E-state index contributed by atoms with van der Waals surface area (Å²) >= 11 is 0. The first-order chi connectivity index (χ1) is 10.0. The van der Waals surface area contributed by atoms with E-state index in [0.29, 0.717) is 5.69 Å². The summed E-state index contributed by atoms with van der Waals surface area (Å²) in [6.07, 6.45) is 3.39. The third-order valence-corrected chi connectivity index (χ3v) is 4.36. The van der Waals surface area contributed by atoms with Crippen LogP contribution >= 0.6 is 0 Å². The second-order valence-corrected chi connectivity index (χ2v) is 5.59. The molecule has 0 aromatic heterocycles. The van der Waals surface area contributed by atoms with Crippen molar-refractivity contribution in [2.45, 2.75) is 25.7 Å². The summed E-state index contributed by atoms with van der Waals surface area (Å²) in [7, 11) is 0. The predicted octanol–water partition coefficient (Wildman–Crippen LogP) is 1.65. The number of hydrogen-bond acceptors (Lipinski definition) is 4. The summed E-state index contributed by atoms with van der Waals surface area (Å²) in [4.78, 5) is 37.0. The minimum atomic E-state index is -1.10. The van der Waals surface area contributed by atoms with E-state index in [1.165, 1.54) is 18.2 Å². The average molecular weight is 288 g/mol. The number of carbonyl (C=O) groups is 3. The fraction of sp³-hybridized carbons (Fsp3) is 0.400. The molecule has 0 bridgehead atoms. The normalized spacial score (nSPS) is 25.0. The van der Waals surface area contributed by atoms with Gasteiger partial charge in [-0.05, 0) is 31.0 Å². The van der Waals surface area contributed by atoms with Crippen molar-refractivity contribution < 1.29 is 19.5 Å². The van der Waals surface area contributed by atoms with Gasteiger partial charge in [0.05, 0.1) is 28.8 Å². The Morgan fingerprint density at radius 1 is 1.14 bits per heavy atom. The zero-order valence-electron chi connectivity index (χ0n) is 11.4. The van der Waals surface area contributed by atoms with Crippen LogP contribution in [-0.4, -0.2) is 22.9 Å². The average Bonchev–Trinajstić information content (AvgIpc) is 2.72. The smallest absolute Gasteiger partial charge is 0.335 e. The summed E-state index contributed by atoms with van der Waals surface area (Å²) < 4.78 is 0. The Kier molecular flexibility index (Phi) is 3.16. The number of nitrogens with zero attached hydrogens (tertiary/aromatic N) is 1. The van der Waals surface area contributed by atoms with Crippen LogP contribution in [0.25, 0.3) is 0 Å². The number of aromatic carboxylic acids is 1. The molecule has 2 amide bonds.